The Morgan fingerprint density at radius 1 is 1.24 bits per heavy atom. The van der Waals surface area contributed by atoms with E-state index in [0.29, 0.717) is 11.7 Å². The number of morpholine rings is 1. The topological polar surface area (TPSA) is 48.6 Å². The Bertz CT molecular complexity index is 713. The minimum absolute atomic E-state index is 0.132. The molecule has 25 heavy (non-hydrogen) atoms. The first-order valence-electron chi connectivity index (χ1n) is 9.36. The fourth-order valence-corrected chi connectivity index (χ4v) is 4.37. The molecule has 4 rings (SSSR count). The van der Waals surface area contributed by atoms with Gasteiger partial charge in [0.05, 0.1) is 12.2 Å². The highest BCUT2D eigenvalue weighted by atomic mass is 16.5. The first kappa shape index (κ1) is 16.6. The van der Waals surface area contributed by atoms with Crippen LogP contribution < -0.4 is 0 Å². The summed E-state index contributed by atoms with van der Waals surface area (Å²) in [6.07, 6.45) is 2.71. The number of benzene rings is 1. The summed E-state index contributed by atoms with van der Waals surface area (Å²) in [5.41, 5.74) is 1.73. The van der Waals surface area contributed by atoms with Crippen molar-refractivity contribution >= 4 is 16.8 Å². The number of H-pyrrole nitrogens is 1. The number of aromatic amines is 1. The molecule has 1 N–H and O–H groups in total. The summed E-state index contributed by atoms with van der Waals surface area (Å²) in [6, 6.07) is 10.3. The van der Waals surface area contributed by atoms with Gasteiger partial charge in [-0.15, -0.1) is 0 Å². The van der Waals surface area contributed by atoms with E-state index in [1.165, 1.54) is 0 Å². The van der Waals surface area contributed by atoms with Gasteiger partial charge in [0.1, 0.15) is 5.69 Å². The Morgan fingerprint density at radius 2 is 2.00 bits per heavy atom. The van der Waals surface area contributed by atoms with Gasteiger partial charge in [0.25, 0.3) is 5.91 Å². The van der Waals surface area contributed by atoms with Gasteiger partial charge < -0.3 is 14.6 Å². The molecule has 1 aromatic heterocycles. The number of hydrogen-bond donors (Lipinski definition) is 1. The van der Waals surface area contributed by atoms with Crippen molar-refractivity contribution in [1.29, 1.82) is 0 Å². The second-order valence-electron chi connectivity index (χ2n) is 7.54. The van der Waals surface area contributed by atoms with Crippen molar-refractivity contribution in [2.45, 2.75) is 44.9 Å². The molecular formula is C20H27N3O2. The number of ether oxygens (including phenoxy) is 1. The van der Waals surface area contributed by atoms with Gasteiger partial charge in [-0.2, -0.15) is 0 Å². The van der Waals surface area contributed by atoms with Gasteiger partial charge in [-0.25, -0.2) is 0 Å². The molecule has 2 aliphatic rings. The van der Waals surface area contributed by atoms with Crippen LogP contribution in [-0.4, -0.2) is 65.1 Å². The van der Waals surface area contributed by atoms with Crippen molar-refractivity contribution in [2.24, 2.45) is 0 Å². The lowest BCUT2D eigenvalue weighted by molar-refractivity contribution is -0.0715. The number of aromatic nitrogens is 1. The van der Waals surface area contributed by atoms with Crippen molar-refractivity contribution in [1.82, 2.24) is 14.8 Å². The quantitative estimate of drug-likeness (QED) is 0.934. The summed E-state index contributed by atoms with van der Waals surface area (Å²) < 4.78 is 5.83. The van der Waals surface area contributed by atoms with Crippen LogP contribution in [0.3, 0.4) is 0 Å². The molecular weight excluding hydrogens is 314 g/mol. The molecule has 1 aromatic carbocycles. The van der Waals surface area contributed by atoms with Gasteiger partial charge in [0, 0.05) is 43.1 Å². The van der Waals surface area contributed by atoms with Gasteiger partial charge in [0.15, 0.2) is 0 Å². The van der Waals surface area contributed by atoms with Gasteiger partial charge >= 0.3 is 0 Å². The Balaban J connectivity index is 1.48. The van der Waals surface area contributed by atoms with Gasteiger partial charge in [-0.05, 0) is 38.8 Å². The van der Waals surface area contributed by atoms with Gasteiger partial charge in [-0.1, -0.05) is 18.2 Å². The fourth-order valence-electron chi connectivity index (χ4n) is 4.37. The third kappa shape index (κ3) is 3.44. The summed E-state index contributed by atoms with van der Waals surface area (Å²) in [7, 11) is 0. The van der Waals surface area contributed by atoms with Crippen LogP contribution in [0.25, 0.3) is 10.9 Å². The van der Waals surface area contributed by atoms with Gasteiger partial charge in [-0.3, -0.25) is 9.69 Å². The molecule has 2 aromatic rings. The second-order valence-corrected chi connectivity index (χ2v) is 7.54. The highest BCUT2D eigenvalue weighted by molar-refractivity contribution is 5.98. The monoisotopic (exact) mass is 341 g/mol. The lowest BCUT2D eigenvalue weighted by Crippen LogP contribution is -2.51. The summed E-state index contributed by atoms with van der Waals surface area (Å²) in [4.78, 5) is 20.9. The number of rotatable bonds is 3. The van der Waals surface area contributed by atoms with Crippen molar-refractivity contribution in [3.05, 3.63) is 36.0 Å². The first-order chi connectivity index (χ1) is 12.1. The fraction of sp³-hybridized carbons (Fsp3) is 0.550. The third-order valence-electron chi connectivity index (χ3n) is 5.36. The number of hydrogen-bond acceptors (Lipinski definition) is 3. The Hall–Kier alpha value is -1.85. The Labute approximate surface area is 148 Å². The van der Waals surface area contributed by atoms with Crippen molar-refractivity contribution in [3.8, 4) is 0 Å². The molecule has 134 valence electrons. The van der Waals surface area contributed by atoms with Gasteiger partial charge in [0.2, 0.25) is 0 Å². The average Bonchev–Trinajstić information content (AvgIpc) is 3.19. The molecule has 5 nitrogen and oxygen atoms in total. The molecule has 2 fully saturated rings. The number of carbonyl (C=O) groups is 1. The van der Waals surface area contributed by atoms with E-state index < -0.39 is 0 Å². The Morgan fingerprint density at radius 3 is 2.76 bits per heavy atom. The van der Waals surface area contributed by atoms with E-state index in [1.807, 2.05) is 30.3 Å². The predicted molar refractivity (Wildman–Crippen MR) is 98.8 cm³/mol. The molecule has 2 aliphatic heterocycles. The number of nitrogens with one attached hydrogen (secondary N) is 1. The van der Waals surface area contributed by atoms with Crippen LogP contribution >= 0.6 is 0 Å². The number of nitrogens with zero attached hydrogens (tertiary/aromatic N) is 2. The van der Waals surface area contributed by atoms with E-state index in [2.05, 4.69) is 28.6 Å². The van der Waals surface area contributed by atoms with E-state index in [4.69, 9.17) is 4.74 Å². The smallest absolute Gasteiger partial charge is 0.270 e. The summed E-state index contributed by atoms with van der Waals surface area (Å²) >= 11 is 0. The van der Waals surface area contributed by atoms with E-state index in [9.17, 15) is 4.79 Å². The van der Waals surface area contributed by atoms with Crippen molar-refractivity contribution < 1.29 is 9.53 Å². The van der Waals surface area contributed by atoms with Crippen LogP contribution in [0.15, 0.2) is 30.3 Å². The van der Waals surface area contributed by atoms with Crippen LogP contribution in [0, 0.1) is 0 Å². The molecule has 5 heteroatoms. The second kappa shape index (κ2) is 6.81. The number of para-hydroxylation sites is 1. The summed E-state index contributed by atoms with van der Waals surface area (Å²) in [5, 5.41) is 1.09. The van der Waals surface area contributed by atoms with E-state index >= 15 is 0 Å². The average molecular weight is 341 g/mol. The highest BCUT2D eigenvalue weighted by Gasteiger charge is 2.33. The minimum atomic E-state index is 0.132. The van der Waals surface area contributed by atoms with Crippen molar-refractivity contribution in [2.75, 3.05) is 26.2 Å². The molecule has 0 radical (unpaired) electrons. The summed E-state index contributed by atoms with van der Waals surface area (Å²) in [5.74, 6) is 0.132. The molecule has 0 saturated carbocycles. The number of fused-ring (bicyclic) bond motifs is 1. The zero-order chi connectivity index (χ0) is 17.4. The number of amides is 1. The van der Waals surface area contributed by atoms with E-state index in [1.54, 1.807) is 0 Å². The predicted octanol–water partition coefficient (Wildman–Crippen LogP) is 2.88. The maximum Gasteiger partial charge on any atom is 0.270 e. The minimum Gasteiger partial charge on any atom is -0.373 e. The number of carbonyl (C=O) groups excluding carboxylic acids is 1. The maximum absolute atomic E-state index is 13.0. The zero-order valence-electron chi connectivity index (χ0n) is 15.1. The summed E-state index contributed by atoms with van der Waals surface area (Å²) in [6.45, 7) is 7.97. The van der Waals surface area contributed by atoms with Crippen LogP contribution in [-0.2, 0) is 4.74 Å². The van der Waals surface area contributed by atoms with Crippen LogP contribution in [0.4, 0.5) is 0 Å². The van der Waals surface area contributed by atoms with Crippen LogP contribution in [0.2, 0.25) is 0 Å². The molecule has 0 unspecified atom stereocenters. The molecule has 3 atom stereocenters. The van der Waals surface area contributed by atoms with E-state index in [0.717, 1.165) is 49.9 Å². The maximum atomic E-state index is 13.0. The van der Waals surface area contributed by atoms with E-state index in [-0.39, 0.29) is 18.1 Å². The normalized spacial score (nSPS) is 27.9. The largest absolute Gasteiger partial charge is 0.373 e. The lowest BCUT2D eigenvalue weighted by Gasteiger charge is -2.38. The van der Waals surface area contributed by atoms with Crippen LogP contribution in [0.1, 0.15) is 37.2 Å². The molecule has 0 bridgehead atoms. The first-order valence-corrected chi connectivity index (χ1v) is 9.36. The third-order valence-corrected chi connectivity index (χ3v) is 5.36. The highest BCUT2D eigenvalue weighted by Crippen LogP contribution is 2.24. The molecule has 0 spiro atoms. The lowest BCUT2D eigenvalue weighted by atomic mass is 10.1. The van der Waals surface area contributed by atoms with Crippen molar-refractivity contribution in [3.63, 3.8) is 0 Å². The number of likely N-dealkylation sites (tertiary alicyclic amines) is 1. The van der Waals surface area contributed by atoms with Crippen LogP contribution in [0.5, 0.6) is 0 Å². The molecule has 3 heterocycles. The Kier molecular flexibility index (Phi) is 4.52. The molecule has 1 amide bonds. The molecule has 2 saturated heterocycles. The SMILES string of the molecule is C[C@@H]1CN(C[C@H]2CCCN2C(=O)c2cc3ccccc3[nH]2)C[C@@H](C)O1. The molecule has 0 aliphatic carbocycles. The zero-order valence-corrected chi connectivity index (χ0v) is 15.1. The standard InChI is InChI=1S/C20H27N3O2/c1-14-11-22(12-15(2)25-14)13-17-7-5-9-23(17)20(24)19-10-16-6-3-4-8-18(16)21-19/h3-4,6,8,10,14-15,17,21H,5,7,9,11-13H2,1-2H3/t14-,15-,17-/m1/s1.